The van der Waals surface area contributed by atoms with Crippen molar-refractivity contribution in [3.8, 4) is 0 Å². The van der Waals surface area contributed by atoms with Crippen molar-refractivity contribution in [1.29, 1.82) is 0 Å². The first kappa shape index (κ1) is 19.1. The van der Waals surface area contributed by atoms with Crippen LogP contribution in [-0.4, -0.2) is 60.3 Å². The van der Waals surface area contributed by atoms with Crippen molar-refractivity contribution < 1.29 is 23.7 Å². The van der Waals surface area contributed by atoms with E-state index in [1.54, 1.807) is 17.0 Å². The number of furan rings is 1. The summed E-state index contributed by atoms with van der Waals surface area (Å²) in [6, 6.07) is 3.33. The molecule has 3 N–H and O–H groups in total. The van der Waals surface area contributed by atoms with Crippen LogP contribution in [0.15, 0.2) is 28.2 Å². The largest absolute Gasteiger partial charge is 0.459 e. The quantitative estimate of drug-likeness (QED) is 0.553. The molecule has 0 aliphatic carbocycles. The van der Waals surface area contributed by atoms with Gasteiger partial charge in [-0.1, -0.05) is 0 Å². The summed E-state index contributed by atoms with van der Waals surface area (Å²) >= 11 is 1.41. The average molecular weight is 392 g/mol. The smallest absolute Gasteiger partial charge is 0.293 e. The summed E-state index contributed by atoms with van der Waals surface area (Å²) in [5, 5.41) is 2.59. The number of hydrogen-bond donors (Lipinski definition) is 3. The average Bonchev–Trinajstić information content (AvgIpc) is 3.32. The van der Waals surface area contributed by atoms with Gasteiger partial charge in [-0.15, -0.1) is 11.3 Å². The Hall–Kier alpha value is -2.72. The first-order valence-electron chi connectivity index (χ1n) is 8.66. The van der Waals surface area contributed by atoms with Crippen LogP contribution in [0.1, 0.15) is 21.3 Å². The fourth-order valence-electron chi connectivity index (χ4n) is 2.84. The minimum atomic E-state index is -0.304. The summed E-state index contributed by atoms with van der Waals surface area (Å²) in [6.07, 6.45) is 1.61. The normalized spacial score (nSPS) is 14.8. The number of amides is 3. The van der Waals surface area contributed by atoms with Crippen molar-refractivity contribution in [2.75, 3.05) is 32.7 Å². The van der Waals surface area contributed by atoms with Crippen LogP contribution in [0.5, 0.6) is 0 Å². The second-order valence-electron chi connectivity index (χ2n) is 6.35. The van der Waals surface area contributed by atoms with Crippen LogP contribution >= 0.6 is 11.3 Å². The molecule has 3 rings (SSSR count). The zero-order valence-electron chi connectivity index (χ0n) is 15.0. The molecule has 1 fully saturated rings. The van der Waals surface area contributed by atoms with Crippen molar-refractivity contribution in [3.63, 3.8) is 0 Å². The Kier molecular flexibility index (Phi) is 6.20. The summed E-state index contributed by atoms with van der Waals surface area (Å²) in [4.78, 5) is 43.0. The zero-order chi connectivity index (χ0) is 19.2. The van der Waals surface area contributed by atoms with E-state index in [4.69, 9.17) is 4.42 Å². The van der Waals surface area contributed by atoms with Gasteiger partial charge in [0.1, 0.15) is 5.01 Å². The number of carbonyl (C=O) groups excluding carboxylic acids is 3. The summed E-state index contributed by atoms with van der Waals surface area (Å²) in [6.45, 7) is 4.53. The third-order valence-electron chi connectivity index (χ3n) is 4.22. The van der Waals surface area contributed by atoms with Gasteiger partial charge in [0.05, 0.1) is 38.9 Å². The maximum atomic E-state index is 12.2. The lowest BCUT2D eigenvalue weighted by Gasteiger charge is -2.31. The fraction of sp³-hybridized carbons (Fsp3) is 0.412. The predicted molar refractivity (Wildman–Crippen MR) is 97.0 cm³/mol. The summed E-state index contributed by atoms with van der Waals surface area (Å²) in [7, 11) is 0. The van der Waals surface area contributed by atoms with E-state index in [-0.39, 0.29) is 30.7 Å². The van der Waals surface area contributed by atoms with E-state index in [1.165, 1.54) is 17.6 Å². The van der Waals surface area contributed by atoms with E-state index in [0.717, 1.165) is 10.6 Å². The van der Waals surface area contributed by atoms with E-state index in [2.05, 4.69) is 15.8 Å². The second kappa shape index (κ2) is 8.78. The Morgan fingerprint density at radius 2 is 2.00 bits per heavy atom. The highest BCUT2D eigenvalue weighted by Crippen LogP contribution is 2.08. The van der Waals surface area contributed by atoms with Gasteiger partial charge in [0, 0.05) is 11.1 Å². The Labute approximate surface area is 160 Å². The van der Waals surface area contributed by atoms with Crippen LogP contribution in [0.2, 0.25) is 0 Å². The number of hydrogen-bond acceptors (Lipinski definition) is 6. The molecule has 2 aromatic rings. The SMILES string of the molecule is Cc1csc(CC(=O)NNC(=O)C[NH+]2CCN(C(=O)c3ccco3)CC2)n1. The third kappa shape index (κ3) is 5.38. The summed E-state index contributed by atoms with van der Waals surface area (Å²) < 4.78 is 5.13. The van der Waals surface area contributed by atoms with Gasteiger partial charge in [-0.05, 0) is 19.1 Å². The van der Waals surface area contributed by atoms with Crippen molar-refractivity contribution in [3.05, 3.63) is 40.2 Å². The van der Waals surface area contributed by atoms with Crippen LogP contribution in [0.3, 0.4) is 0 Å². The number of thiazole rings is 1. The highest BCUT2D eigenvalue weighted by molar-refractivity contribution is 7.09. The first-order chi connectivity index (χ1) is 13.0. The number of nitrogens with one attached hydrogen (secondary N) is 3. The lowest BCUT2D eigenvalue weighted by atomic mass is 10.3. The molecule has 3 heterocycles. The topological polar surface area (TPSA) is 109 Å². The van der Waals surface area contributed by atoms with Gasteiger partial charge in [0.15, 0.2) is 12.3 Å². The molecule has 9 nitrogen and oxygen atoms in total. The predicted octanol–water partition coefficient (Wildman–Crippen LogP) is -1.22. The molecule has 0 aromatic carbocycles. The molecule has 0 atom stereocenters. The van der Waals surface area contributed by atoms with Crippen LogP contribution < -0.4 is 15.8 Å². The molecule has 0 radical (unpaired) electrons. The number of piperazine rings is 1. The highest BCUT2D eigenvalue weighted by atomic mass is 32.1. The Morgan fingerprint density at radius 1 is 1.26 bits per heavy atom. The molecular formula is C17H22N5O4S+. The van der Waals surface area contributed by atoms with Crippen LogP contribution in [0.4, 0.5) is 0 Å². The van der Waals surface area contributed by atoms with Crippen molar-refractivity contribution in [2.45, 2.75) is 13.3 Å². The Balaban J connectivity index is 1.35. The van der Waals surface area contributed by atoms with Crippen LogP contribution in [0.25, 0.3) is 0 Å². The summed E-state index contributed by atoms with van der Waals surface area (Å²) in [5.74, 6) is -0.372. The van der Waals surface area contributed by atoms with E-state index in [1.807, 2.05) is 12.3 Å². The van der Waals surface area contributed by atoms with Crippen molar-refractivity contribution >= 4 is 29.1 Å². The lowest BCUT2D eigenvalue weighted by molar-refractivity contribution is -0.896. The maximum absolute atomic E-state index is 12.2. The van der Waals surface area contributed by atoms with E-state index in [9.17, 15) is 14.4 Å². The van der Waals surface area contributed by atoms with Crippen LogP contribution in [-0.2, 0) is 16.0 Å². The highest BCUT2D eigenvalue weighted by Gasteiger charge is 2.27. The molecule has 27 heavy (non-hydrogen) atoms. The van der Waals surface area contributed by atoms with Gasteiger partial charge >= 0.3 is 0 Å². The van der Waals surface area contributed by atoms with E-state index >= 15 is 0 Å². The molecule has 2 aromatic heterocycles. The van der Waals surface area contributed by atoms with Gasteiger partial charge in [0.25, 0.3) is 11.8 Å². The number of aryl methyl sites for hydroxylation is 1. The minimum Gasteiger partial charge on any atom is -0.459 e. The number of hydrazine groups is 1. The number of carbonyl (C=O) groups is 3. The molecule has 0 unspecified atom stereocenters. The van der Waals surface area contributed by atoms with Gasteiger partial charge in [0.2, 0.25) is 5.91 Å². The summed E-state index contributed by atoms with van der Waals surface area (Å²) in [5.41, 5.74) is 5.72. The van der Waals surface area contributed by atoms with Gasteiger partial charge < -0.3 is 14.2 Å². The van der Waals surface area contributed by atoms with Crippen molar-refractivity contribution in [2.24, 2.45) is 0 Å². The third-order valence-corrected chi connectivity index (χ3v) is 5.19. The standard InChI is InChI=1S/C17H21N5O4S/c1-12-11-27-16(18-12)9-14(23)19-20-15(24)10-21-4-6-22(7-5-21)17(25)13-3-2-8-26-13/h2-3,8,11H,4-7,9-10H2,1H3,(H,19,23)(H,20,24)/p+1. The van der Waals surface area contributed by atoms with Gasteiger partial charge in [-0.3, -0.25) is 25.2 Å². The lowest BCUT2D eigenvalue weighted by Crippen LogP contribution is -3.16. The Morgan fingerprint density at radius 3 is 2.63 bits per heavy atom. The molecule has 0 bridgehead atoms. The first-order valence-corrected chi connectivity index (χ1v) is 9.54. The monoisotopic (exact) mass is 392 g/mol. The van der Waals surface area contributed by atoms with Gasteiger partial charge in [-0.25, -0.2) is 4.98 Å². The van der Waals surface area contributed by atoms with E-state index < -0.39 is 0 Å². The van der Waals surface area contributed by atoms with Crippen molar-refractivity contribution in [1.82, 2.24) is 20.7 Å². The maximum Gasteiger partial charge on any atom is 0.293 e. The number of rotatable bonds is 5. The number of nitrogens with zero attached hydrogens (tertiary/aromatic N) is 2. The number of quaternary nitrogens is 1. The van der Waals surface area contributed by atoms with E-state index in [0.29, 0.717) is 36.9 Å². The molecule has 10 heteroatoms. The molecule has 1 saturated heterocycles. The fourth-order valence-corrected chi connectivity index (χ4v) is 3.61. The molecular weight excluding hydrogens is 370 g/mol. The minimum absolute atomic E-state index is 0.131. The van der Waals surface area contributed by atoms with Crippen LogP contribution in [0, 0.1) is 6.92 Å². The second-order valence-corrected chi connectivity index (χ2v) is 7.29. The molecule has 3 amide bonds. The molecule has 1 aliphatic rings. The number of aromatic nitrogens is 1. The Bertz CT molecular complexity index is 796. The molecule has 0 saturated carbocycles. The molecule has 1 aliphatic heterocycles. The van der Waals surface area contributed by atoms with Gasteiger partial charge in [-0.2, -0.15) is 0 Å². The zero-order valence-corrected chi connectivity index (χ0v) is 15.8. The molecule has 0 spiro atoms. The molecule has 144 valence electrons.